The number of amides is 2. The zero-order chi connectivity index (χ0) is 19.8. The van der Waals surface area contributed by atoms with Crippen LogP contribution in [0.25, 0.3) is 0 Å². The summed E-state index contributed by atoms with van der Waals surface area (Å²) in [6.07, 6.45) is 0. The molecule has 1 aliphatic rings. The molecule has 146 valence electrons. The monoisotopic (exact) mass is 378 g/mol. The van der Waals surface area contributed by atoms with Gasteiger partial charge in [0.1, 0.15) is 0 Å². The normalized spacial score (nSPS) is 17.6. The number of hydrogen-bond acceptors (Lipinski definition) is 3. The number of carbonyl (C=O) groups excluding carboxylic acids is 1. The van der Waals surface area contributed by atoms with Crippen molar-refractivity contribution in [2.75, 3.05) is 10.6 Å². The molecule has 5 nitrogen and oxygen atoms in total. The van der Waals surface area contributed by atoms with E-state index in [0.717, 1.165) is 17.6 Å². The van der Waals surface area contributed by atoms with Gasteiger partial charge in [-0.05, 0) is 57.4 Å². The lowest BCUT2D eigenvalue weighted by atomic mass is 9.79. The van der Waals surface area contributed by atoms with E-state index in [1.54, 1.807) is 24.3 Å². The molecule has 2 aromatic carbocycles. The van der Waals surface area contributed by atoms with Crippen LogP contribution in [0.5, 0.6) is 0 Å². The molecule has 1 heterocycles. The summed E-state index contributed by atoms with van der Waals surface area (Å²) in [7, 11) is -0.486. The number of halogens is 2. The lowest BCUT2D eigenvalue weighted by Gasteiger charge is -2.32. The van der Waals surface area contributed by atoms with Gasteiger partial charge in [0.2, 0.25) is 0 Å². The van der Waals surface area contributed by atoms with Gasteiger partial charge >= 0.3 is 13.1 Å². The van der Waals surface area contributed by atoms with Gasteiger partial charge in [-0.25, -0.2) is 13.6 Å². The van der Waals surface area contributed by atoms with Crippen molar-refractivity contribution in [1.29, 1.82) is 0 Å². The zero-order valence-corrected chi connectivity index (χ0v) is 15.6. The van der Waals surface area contributed by atoms with Crippen molar-refractivity contribution in [1.82, 2.24) is 0 Å². The maximum absolute atomic E-state index is 13.2. The summed E-state index contributed by atoms with van der Waals surface area (Å²) in [5.41, 5.74) is 0.661. The Hall–Kier alpha value is -2.45. The fraction of sp³-hybridized carbons (Fsp3) is 0.316. The van der Waals surface area contributed by atoms with E-state index >= 15 is 0 Å². The number of rotatable bonds is 3. The van der Waals surface area contributed by atoms with Crippen molar-refractivity contribution < 1.29 is 25.7 Å². The molecular formula is C19H25BF2N2O3. The maximum atomic E-state index is 13.2. The van der Waals surface area contributed by atoms with E-state index in [9.17, 15) is 13.6 Å². The van der Waals surface area contributed by atoms with Crippen molar-refractivity contribution in [2.45, 2.75) is 38.9 Å². The van der Waals surface area contributed by atoms with Crippen LogP contribution in [-0.4, -0.2) is 24.4 Å². The Morgan fingerprint density at radius 1 is 0.889 bits per heavy atom. The molecular weight excluding hydrogens is 353 g/mol. The Morgan fingerprint density at radius 2 is 1.41 bits per heavy atom. The Kier molecular flexibility index (Phi) is 4.97. The highest BCUT2D eigenvalue weighted by Gasteiger charge is 2.51. The fourth-order valence-electron chi connectivity index (χ4n) is 2.57. The number of anilines is 2. The second-order valence-corrected chi connectivity index (χ2v) is 7.42. The second-order valence-electron chi connectivity index (χ2n) is 7.42. The minimum Gasteiger partial charge on any atom is -0.399 e. The highest BCUT2D eigenvalue weighted by atomic mass is 19.2. The largest absolute Gasteiger partial charge is 0.494 e. The Bertz CT molecular complexity index is 851. The fourth-order valence-corrected chi connectivity index (χ4v) is 2.57. The predicted octanol–water partition coefficient (Wildman–Crippen LogP) is 4.40. The third-order valence-corrected chi connectivity index (χ3v) is 4.87. The number of benzene rings is 2. The number of urea groups is 1. The van der Waals surface area contributed by atoms with Gasteiger partial charge in [-0.2, -0.15) is 0 Å². The highest BCUT2D eigenvalue weighted by Crippen LogP contribution is 2.36. The summed E-state index contributed by atoms with van der Waals surface area (Å²) in [5.74, 6) is -2.00. The highest BCUT2D eigenvalue weighted by molar-refractivity contribution is 6.62. The molecule has 0 aromatic heterocycles. The van der Waals surface area contributed by atoms with E-state index < -0.39 is 36.0 Å². The van der Waals surface area contributed by atoms with Crippen LogP contribution in [0.1, 0.15) is 30.5 Å². The van der Waals surface area contributed by atoms with E-state index in [1.807, 2.05) is 27.7 Å². The first kappa shape index (κ1) is 19.3. The molecule has 0 unspecified atom stereocenters. The smallest absolute Gasteiger partial charge is 0.399 e. The van der Waals surface area contributed by atoms with Crippen molar-refractivity contribution >= 4 is 30.0 Å². The van der Waals surface area contributed by atoms with E-state index in [1.165, 1.54) is 6.07 Å². The predicted molar refractivity (Wildman–Crippen MR) is 105 cm³/mol. The molecule has 3 rings (SSSR count). The second kappa shape index (κ2) is 6.94. The molecule has 2 amide bonds. The SMILES string of the molecule is CC1(C)OB(c2ccc(NC(=O)Nc3ccc(F)c(F)c3)cc2)OC1(C)C.[HH].[HH]. The van der Waals surface area contributed by atoms with Gasteiger partial charge in [-0.1, -0.05) is 12.1 Å². The van der Waals surface area contributed by atoms with Crippen LogP contribution < -0.4 is 16.1 Å². The summed E-state index contributed by atoms with van der Waals surface area (Å²) in [5, 5.41) is 5.07. The average molecular weight is 378 g/mol. The van der Waals surface area contributed by atoms with Gasteiger partial charge in [0.05, 0.1) is 11.2 Å². The molecule has 2 N–H and O–H groups in total. The van der Waals surface area contributed by atoms with E-state index in [4.69, 9.17) is 9.31 Å². The van der Waals surface area contributed by atoms with Gasteiger partial charge in [-0.3, -0.25) is 0 Å². The van der Waals surface area contributed by atoms with Crippen LogP contribution in [0.15, 0.2) is 42.5 Å². The summed E-state index contributed by atoms with van der Waals surface area (Å²) in [6.45, 7) is 7.91. The zero-order valence-electron chi connectivity index (χ0n) is 15.6. The summed E-state index contributed by atoms with van der Waals surface area (Å²) in [4.78, 5) is 12.0. The molecule has 0 bridgehead atoms. The Balaban J connectivity index is 0.00000210. The third kappa shape index (κ3) is 4.12. The van der Waals surface area contributed by atoms with Crippen LogP contribution in [-0.2, 0) is 9.31 Å². The number of carbonyl (C=O) groups is 1. The molecule has 27 heavy (non-hydrogen) atoms. The molecule has 0 saturated carbocycles. The molecule has 0 atom stereocenters. The minimum absolute atomic E-state index is 0. The average Bonchev–Trinajstić information content (AvgIpc) is 2.79. The number of nitrogens with one attached hydrogen (secondary N) is 2. The Labute approximate surface area is 160 Å². The first-order valence-corrected chi connectivity index (χ1v) is 8.56. The lowest BCUT2D eigenvalue weighted by molar-refractivity contribution is 0.00578. The van der Waals surface area contributed by atoms with Gasteiger partial charge in [0.25, 0.3) is 0 Å². The van der Waals surface area contributed by atoms with E-state index in [0.29, 0.717) is 5.69 Å². The van der Waals surface area contributed by atoms with Crippen molar-refractivity contribution in [3.05, 3.63) is 54.1 Å². The third-order valence-electron chi connectivity index (χ3n) is 4.87. The van der Waals surface area contributed by atoms with Crippen molar-refractivity contribution in [3.8, 4) is 0 Å². The van der Waals surface area contributed by atoms with Gasteiger partial charge in [-0.15, -0.1) is 0 Å². The molecule has 1 aliphatic heterocycles. The lowest BCUT2D eigenvalue weighted by Crippen LogP contribution is -2.41. The minimum atomic E-state index is -1.03. The van der Waals surface area contributed by atoms with Gasteiger partial charge in [0, 0.05) is 20.3 Å². The summed E-state index contributed by atoms with van der Waals surface area (Å²) >= 11 is 0. The summed E-state index contributed by atoms with van der Waals surface area (Å²) in [6, 6.07) is 9.60. The maximum Gasteiger partial charge on any atom is 0.494 e. The standard InChI is InChI=1S/C19H21BF2N2O3.2H2/c1-18(2)19(3,4)27-20(26-18)12-5-7-13(8-6-12)23-17(25)24-14-9-10-15(21)16(22)11-14;;/h5-11H,1-4H3,(H2,23,24,25);2*1H. The molecule has 0 radical (unpaired) electrons. The van der Waals surface area contributed by atoms with Gasteiger partial charge in [0.15, 0.2) is 11.6 Å². The summed E-state index contributed by atoms with van der Waals surface area (Å²) < 4.78 is 38.1. The Morgan fingerprint density at radius 3 is 1.96 bits per heavy atom. The first-order chi connectivity index (χ1) is 12.6. The molecule has 0 aliphatic carbocycles. The van der Waals surface area contributed by atoms with Crippen LogP contribution >= 0.6 is 0 Å². The quantitative estimate of drug-likeness (QED) is 0.779. The topological polar surface area (TPSA) is 59.6 Å². The van der Waals surface area contributed by atoms with Crippen molar-refractivity contribution in [3.63, 3.8) is 0 Å². The molecule has 1 fully saturated rings. The van der Waals surface area contributed by atoms with E-state index in [2.05, 4.69) is 10.6 Å². The molecule has 1 saturated heterocycles. The molecule has 8 heteroatoms. The van der Waals surface area contributed by atoms with Crippen LogP contribution in [0.4, 0.5) is 25.0 Å². The molecule has 0 spiro atoms. The van der Waals surface area contributed by atoms with Gasteiger partial charge < -0.3 is 19.9 Å². The van der Waals surface area contributed by atoms with Crippen LogP contribution in [0.2, 0.25) is 0 Å². The number of hydrogen-bond donors (Lipinski definition) is 2. The van der Waals surface area contributed by atoms with Crippen LogP contribution in [0, 0.1) is 11.6 Å². The van der Waals surface area contributed by atoms with E-state index in [-0.39, 0.29) is 8.54 Å². The molecule has 2 aromatic rings. The van der Waals surface area contributed by atoms with Crippen molar-refractivity contribution in [2.24, 2.45) is 0 Å². The van der Waals surface area contributed by atoms with Crippen LogP contribution in [0.3, 0.4) is 0 Å². The first-order valence-electron chi connectivity index (χ1n) is 8.56.